The van der Waals surface area contributed by atoms with E-state index in [0.717, 1.165) is 12.1 Å². The fraction of sp³-hybridized carbons (Fsp3) is 0.333. The average molecular weight is 254 g/mol. The third-order valence-electron chi connectivity index (χ3n) is 4.13. The van der Waals surface area contributed by atoms with Crippen LogP contribution in [0.25, 0.3) is 11.3 Å². The predicted octanol–water partition coefficient (Wildman–Crippen LogP) is 2.06. The maximum atomic E-state index is 12.2. The van der Waals surface area contributed by atoms with Crippen molar-refractivity contribution in [3.8, 4) is 11.3 Å². The van der Waals surface area contributed by atoms with Crippen molar-refractivity contribution in [2.45, 2.75) is 12.5 Å². The van der Waals surface area contributed by atoms with Gasteiger partial charge in [-0.15, -0.1) is 0 Å². The third kappa shape index (κ3) is 1.50. The van der Waals surface area contributed by atoms with E-state index < -0.39 is 0 Å². The zero-order chi connectivity index (χ0) is 12.8. The van der Waals surface area contributed by atoms with E-state index in [1.54, 1.807) is 0 Å². The molecule has 1 fully saturated rings. The van der Waals surface area contributed by atoms with Crippen LogP contribution >= 0.6 is 0 Å². The summed E-state index contributed by atoms with van der Waals surface area (Å²) in [5.74, 6) is 0.206. The molecule has 0 saturated carbocycles. The molecule has 0 spiro atoms. The third-order valence-corrected chi connectivity index (χ3v) is 4.13. The number of fused-ring (bicyclic) bond motifs is 3. The number of hydrogen-bond donors (Lipinski definition) is 0. The van der Waals surface area contributed by atoms with E-state index in [0.29, 0.717) is 6.61 Å². The van der Waals surface area contributed by atoms with Gasteiger partial charge in [-0.1, -0.05) is 24.3 Å². The summed E-state index contributed by atoms with van der Waals surface area (Å²) in [5, 5.41) is 0. The maximum Gasteiger partial charge on any atom is 0.164 e. The number of rotatable bonds is 1. The molecule has 0 aliphatic carbocycles. The lowest BCUT2D eigenvalue weighted by Gasteiger charge is -2.28. The second-order valence-corrected chi connectivity index (χ2v) is 5.13. The molecule has 1 aromatic carbocycles. The Balaban J connectivity index is 1.86. The molecular formula is C15H14N2O2. The first-order valence-corrected chi connectivity index (χ1v) is 6.58. The van der Waals surface area contributed by atoms with Crippen molar-refractivity contribution in [2.75, 3.05) is 13.2 Å². The summed E-state index contributed by atoms with van der Waals surface area (Å²) in [6, 6.07) is 8.38. The number of hydrogen-bond acceptors (Lipinski definition) is 3. The number of benzene rings is 1. The Hall–Kier alpha value is -1.94. The van der Waals surface area contributed by atoms with Gasteiger partial charge in [0.1, 0.15) is 6.61 Å². The van der Waals surface area contributed by atoms with Crippen LogP contribution in [0, 0.1) is 5.92 Å². The van der Waals surface area contributed by atoms with Crippen LogP contribution in [-0.2, 0) is 9.53 Å². The van der Waals surface area contributed by atoms with E-state index in [-0.39, 0.29) is 24.3 Å². The summed E-state index contributed by atoms with van der Waals surface area (Å²) in [4.78, 5) is 16.4. The SMILES string of the molecule is O=C1COCC[C@@H]1[C@@H]1c2ccccc2-c2cncn21. The molecule has 4 nitrogen and oxygen atoms in total. The molecule has 3 heterocycles. The van der Waals surface area contributed by atoms with Crippen molar-refractivity contribution in [1.82, 2.24) is 9.55 Å². The maximum absolute atomic E-state index is 12.2. The second kappa shape index (κ2) is 4.03. The zero-order valence-electron chi connectivity index (χ0n) is 10.5. The molecule has 1 saturated heterocycles. The molecule has 2 aliphatic heterocycles. The van der Waals surface area contributed by atoms with Crippen LogP contribution in [0.2, 0.25) is 0 Å². The minimum absolute atomic E-state index is 0.00495. The van der Waals surface area contributed by atoms with Crippen molar-refractivity contribution in [1.29, 1.82) is 0 Å². The summed E-state index contributed by atoms with van der Waals surface area (Å²) in [7, 11) is 0. The number of nitrogens with zero attached hydrogens (tertiary/aromatic N) is 2. The van der Waals surface area contributed by atoms with Crippen molar-refractivity contribution >= 4 is 5.78 Å². The van der Waals surface area contributed by atoms with Crippen LogP contribution in [0.4, 0.5) is 0 Å². The Labute approximate surface area is 111 Å². The molecule has 0 bridgehead atoms. The number of imidazole rings is 1. The van der Waals surface area contributed by atoms with Gasteiger partial charge in [-0.05, 0) is 12.0 Å². The fourth-order valence-electron chi connectivity index (χ4n) is 3.27. The van der Waals surface area contributed by atoms with Crippen molar-refractivity contribution < 1.29 is 9.53 Å². The monoisotopic (exact) mass is 254 g/mol. The summed E-state index contributed by atoms with van der Waals surface area (Å²) >= 11 is 0. The Morgan fingerprint density at radius 2 is 2.21 bits per heavy atom. The molecule has 4 rings (SSSR count). The molecule has 0 unspecified atom stereocenters. The summed E-state index contributed by atoms with van der Waals surface area (Å²) in [6.07, 6.45) is 4.50. The second-order valence-electron chi connectivity index (χ2n) is 5.13. The van der Waals surface area contributed by atoms with Gasteiger partial charge in [0.15, 0.2) is 5.78 Å². The summed E-state index contributed by atoms with van der Waals surface area (Å²) in [6.45, 7) is 0.909. The van der Waals surface area contributed by atoms with E-state index in [1.807, 2.05) is 24.7 Å². The molecule has 0 amide bonds. The van der Waals surface area contributed by atoms with Gasteiger partial charge in [-0.3, -0.25) is 4.79 Å². The molecule has 2 atom stereocenters. The molecular weight excluding hydrogens is 240 g/mol. The molecule has 2 aliphatic rings. The first kappa shape index (κ1) is 10.9. The normalized spacial score (nSPS) is 25.2. The van der Waals surface area contributed by atoms with E-state index in [1.165, 1.54) is 11.1 Å². The minimum atomic E-state index is 0.00495. The highest BCUT2D eigenvalue weighted by Gasteiger charge is 2.38. The highest BCUT2D eigenvalue weighted by molar-refractivity contribution is 5.85. The Bertz CT molecular complexity index is 647. The fourth-order valence-corrected chi connectivity index (χ4v) is 3.27. The Morgan fingerprint density at radius 3 is 3.11 bits per heavy atom. The lowest BCUT2D eigenvalue weighted by molar-refractivity contribution is -0.133. The Kier molecular flexibility index (Phi) is 2.32. The first-order valence-electron chi connectivity index (χ1n) is 6.58. The zero-order valence-corrected chi connectivity index (χ0v) is 10.5. The lowest BCUT2D eigenvalue weighted by atomic mass is 9.86. The number of aromatic nitrogens is 2. The number of ether oxygens (including phenoxy) is 1. The molecule has 4 heteroatoms. The van der Waals surface area contributed by atoms with E-state index >= 15 is 0 Å². The molecule has 96 valence electrons. The van der Waals surface area contributed by atoms with Gasteiger partial charge in [0, 0.05) is 18.1 Å². The predicted molar refractivity (Wildman–Crippen MR) is 69.7 cm³/mol. The van der Waals surface area contributed by atoms with Gasteiger partial charge in [0.2, 0.25) is 0 Å². The smallest absolute Gasteiger partial charge is 0.164 e. The van der Waals surface area contributed by atoms with Crippen LogP contribution in [0.1, 0.15) is 18.0 Å². The van der Waals surface area contributed by atoms with Crippen LogP contribution in [-0.4, -0.2) is 28.5 Å². The summed E-state index contributed by atoms with van der Waals surface area (Å²) < 4.78 is 7.39. The van der Waals surface area contributed by atoms with Gasteiger partial charge in [-0.2, -0.15) is 0 Å². The van der Waals surface area contributed by atoms with Crippen LogP contribution in [0.15, 0.2) is 36.8 Å². The largest absolute Gasteiger partial charge is 0.374 e. The number of carbonyl (C=O) groups is 1. The molecule has 0 N–H and O–H groups in total. The molecule has 0 radical (unpaired) electrons. The van der Waals surface area contributed by atoms with E-state index in [9.17, 15) is 4.79 Å². The quantitative estimate of drug-likeness (QED) is 0.782. The van der Waals surface area contributed by atoms with Gasteiger partial charge < -0.3 is 9.30 Å². The van der Waals surface area contributed by atoms with Crippen LogP contribution < -0.4 is 0 Å². The highest BCUT2D eigenvalue weighted by Crippen LogP contribution is 2.44. The standard InChI is InChI=1S/C15H14N2O2/c18-14-8-19-6-5-12(14)15-11-4-2-1-3-10(11)13-7-16-9-17(13)15/h1-4,7,9,12,15H,5-6,8H2/t12-,15-/m0/s1. The minimum Gasteiger partial charge on any atom is -0.374 e. The van der Waals surface area contributed by atoms with Gasteiger partial charge >= 0.3 is 0 Å². The molecule has 19 heavy (non-hydrogen) atoms. The van der Waals surface area contributed by atoms with Gasteiger partial charge in [-0.25, -0.2) is 4.98 Å². The van der Waals surface area contributed by atoms with E-state index in [4.69, 9.17) is 4.74 Å². The summed E-state index contributed by atoms with van der Waals surface area (Å²) in [5.41, 5.74) is 3.55. The number of carbonyl (C=O) groups excluding carboxylic acids is 1. The van der Waals surface area contributed by atoms with Crippen molar-refractivity contribution in [3.05, 3.63) is 42.4 Å². The van der Waals surface area contributed by atoms with Gasteiger partial charge in [0.25, 0.3) is 0 Å². The average Bonchev–Trinajstić information content (AvgIpc) is 3.00. The van der Waals surface area contributed by atoms with Crippen LogP contribution in [0.3, 0.4) is 0 Å². The highest BCUT2D eigenvalue weighted by atomic mass is 16.5. The van der Waals surface area contributed by atoms with Crippen LogP contribution in [0.5, 0.6) is 0 Å². The Morgan fingerprint density at radius 1 is 1.32 bits per heavy atom. The van der Waals surface area contributed by atoms with E-state index in [2.05, 4.69) is 21.7 Å². The number of Topliss-reactive ketones (excluding diaryl/α,β-unsaturated/α-hetero) is 1. The topological polar surface area (TPSA) is 44.1 Å². The van der Waals surface area contributed by atoms with Gasteiger partial charge in [0.05, 0.1) is 24.3 Å². The lowest BCUT2D eigenvalue weighted by Crippen LogP contribution is -2.33. The molecule has 1 aromatic heterocycles. The number of ketones is 1. The van der Waals surface area contributed by atoms with Crippen molar-refractivity contribution in [3.63, 3.8) is 0 Å². The first-order chi connectivity index (χ1) is 9.36. The molecule has 2 aromatic rings. The van der Waals surface area contributed by atoms with Crippen molar-refractivity contribution in [2.24, 2.45) is 5.92 Å².